The minimum Gasteiger partial charge on any atom is -0.200 e. The van der Waals surface area contributed by atoms with Crippen LogP contribution in [-0.4, -0.2) is 18.7 Å². The van der Waals surface area contributed by atoms with Gasteiger partial charge in [-0.3, -0.25) is 0 Å². The SMILES string of the molecule is C=C[S+](C)C.CCCC[B-](c1ccccc1)(c1ccccc1)c1ccccc1. The van der Waals surface area contributed by atoms with E-state index in [1.54, 1.807) is 0 Å². The van der Waals surface area contributed by atoms with E-state index < -0.39 is 6.15 Å². The van der Waals surface area contributed by atoms with Gasteiger partial charge in [-0.25, -0.2) is 0 Å². The molecule has 0 aliphatic heterocycles. The maximum absolute atomic E-state index is 3.57. The van der Waals surface area contributed by atoms with Crippen molar-refractivity contribution in [3.05, 3.63) is 103 Å². The molecular formula is C26H33BS. The molecule has 0 unspecified atom stereocenters. The summed E-state index contributed by atoms with van der Waals surface area (Å²) in [5.41, 5.74) is 4.33. The highest BCUT2D eigenvalue weighted by molar-refractivity contribution is 7.98. The fourth-order valence-electron chi connectivity index (χ4n) is 3.93. The van der Waals surface area contributed by atoms with E-state index in [1.165, 1.54) is 35.6 Å². The van der Waals surface area contributed by atoms with Gasteiger partial charge in [0.2, 0.25) is 0 Å². The third kappa shape index (κ3) is 5.66. The summed E-state index contributed by atoms with van der Waals surface area (Å²) in [6, 6.07) is 33.2. The minimum absolute atomic E-state index is 0.441. The third-order valence-corrected chi connectivity index (χ3v) is 6.10. The molecule has 0 amide bonds. The maximum atomic E-state index is 3.57. The molecule has 0 saturated heterocycles. The van der Waals surface area contributed by atoms with E-state index >= 15 is 0 Å². The molecule has 0 aromatic heterocycles. The first kappa shape index (κ1) is 22.1. The average Bonchev–Trinajstić information content (AvgIpc) is 2.77. The van der Waals surface area contributed by atoms with E-state index in [2.05, 4.69) is 117 Å². The smallest absolute Gasteiger partial charge is 0.111 e. The second-order valence-corrected chi connectivity index (χ2v) is 9.56. The Bertz CT molecular complexity index is 701. The van der Waals surface area contributed by atoms with E-state index in [1.807, 2.05) is 5.41 Å². The highest BCUT2D eigenvalue weighted by Crippen LogP contribution is 2.16. The Morgan fingerprint density at radius 2 is 1.04 bits per heavy atom. The predicted molar refractivity (Wildman–Crippen MR) is 133 cm³/mol. The van der Waals surface area contributed by atoms with E-state index in [9.17, 15) is 0 Å². The van der Waals surface area contributed by atoms with Crippen molar-refractivity contribution in [3.63, 3.8) is 0 Å². The number of rotatable bonds is 7. The van der Waals surface area contributed by atoms with Gasteiger partial charge in [0.05, 0.1) is 6.15 Å². The van der Waals surface area contributed by atoms with Crippen LogP contribution in [0.4, 0.5) is 0 Å². The molecule has 3 aromatic rings. The van der Waals surface area contributed by atoms with E-state index in [0.717, 1.165) is 0 Å². The van der Waals surface area contributed by atoms with Crippen LogP contribution in [-0.2, 0) is 10.9 Å². The highest BCUT2D eigenvalue weighted by Gasteiger charge is 2.28. The molecule has 3 rings (SSSR count). The zero-order valence-corrected chi connectivity index (χ0v) is 18.4. The molecule has 146 valence electrons. The molecule has 0 saturated carbocycles. The molecule has 0 heterocycles. The summed E-state index contributed by atoms with van der Waals surface area (Å²) < 4.78 is 0. The topological polar surface area (TPSA) is 0 Å². The van der Waals surface area contributed by atoms with Crippen molar-refractivity contribution >= 4 is 33.4 Å². The Kier molecular flexibility index (Phi) is 9.17. The standard InChI is InChI=1S/C22H24B.C4H9S/c1-2-3-19-23(20-13-7-4-8-14-20,21-15-9-5-10-16-21)22-17-11-6-12-18-22;1-4-5(2)3/h4-18H,2-3,19H2,1H3;4H,1H2,2-3H3/q-1;+1. The zero-order chi connectivity index (χ0) is 20.2. The molecule has 3 aromatic carbocycles. The number of hydrogen-bond acceptors (Lipinski definition) is 0. The lowest BCUT2D eigenvalue weighted by Crippen LogP contribution is -2.66. The van der Waals surface area contributed by atoms with Gasteiger partial charge in [0.1, 0.15) is 17.9 Å². The molecule has 0 aliphatic carbocycles. The van der Waals surface area contributed by atoms with Gasteiger partial charge in [0, 0.05) is 10.9 Å². The summed E-state index contributed by atoms with van der Waals surface area (Å²) in [5.74, 6) is 0. The monoisotopic (exact) mass is 388 g/mol. The summed E-state index contributed by atoms with van der Waals surface area (Å²) in [5, 5.41) is 1.94. The summed E-state index contributed by atoms with van der Waals surface area (Å²) in [4.78, 5) is 0. The first-order chi connectivity index (χ1) is 13.6. The van der Waals surface area contributed by atoms with Crippen molar-refractivity contribution in [1.29, 1.82) is 0 Å². The second-order valence-electron chi connectivity index (χ2n) is 7.47. The fraction of sp³-hybridized carbons (Fsp3) is 0.231. The van der Waals surface area contributed by atoms with Crippen molar-refractivity contribution in [2.45, 2.75) is 26.1 Å². The minimum atomic E-state index is -0.913. The number of unbranched alkanes of at least 4 members (excludes halogenated alkanes) is 1. The van der Waals surface area contributed by atoms with Crippen molar-refractivity contribution in [2.24, 2.45) is 0 Å². The van der Waals surface area contributed by atoms with E-state index in [-0.39, 0.29) is 0 Å². The van der Waals surface area contributed by atoms with Gasteiger partial charge in [-0.2, -0.15) is 22.7 Å². The van der Waals surface area contributed by atoms with Gasteiger partial charge < -0.3 is 0 Å². The van der Waals surface area contributed by atoms with Crippen LogP contribution in [0.3, 0.4) is 0 Å². The quantitative estimate of drug-likeness (QED) is 0.396. The molecule has 2 heteroatoms. The molecular weight excluding hydrogens is 355 g/mol. The van der Waals surface area contributed by atoms with E-state index in [0.29, 0.717) is 10.9 Å². The van der Waals surface area contributed by atoms with Crippen LogP contribution in [0, 0.1) is 0 Å². The van der Waals surface area contributed by atoms with Gasteiger partial charge in [0.15, 0.2) is 0 Å². The summed E-state index contributed by atoms with van der Waals surface area (Å²) in [6.07, 6.45) is 6.99. The lowest BCUT2D eigenvalue weighted by atomic mass is 9.14. The summed E-state index contributed by atoms with van der Waals surface area (Å²) in [7, 11) is 0.441. The summed E-state index contributed by atoms with van der Waals surface area (Å²) in [6.45, 7) is 5.85. The normalized spacial score (nSPS) is 10.9. The van der Waals surface area contributed by atoms with Gasteiger partial charge in [-0.1, -0.05) is 117 Å². The first-order valence-electron chi connectivity index (χ1n) is 10.2. The van der Waals surface area contributed by atoms with Crippen molar-refractivity contribution in [1.82, 2.24) is 0 Å². The fourth-order valence-corrected chi connectivity index (χ4v) is 3.93. The Morgan fingerprint density at radius 3 is 1.29 bits per heavy atom. The Balaban J connectivity index is 0.000000500. The average molecular weight is 388 g/mol. The Hall–Kier alpha value is -2.19. The summed E-state index contributed by atoms with van der Waals surface area (Å²) >= 11 is 0. The van der Waals surface area contributed by atoms with Crippen molar-refractivity contribution in [3.8, 4) is 0 Å². The van der Waals surface area contributed by atoms with Gasteiger partial charge in [0.25, 0.3) is 0 Å². The van der Waals surface area contributed by atoms with Crippen LogP contribution in [0.1, 0.15) is 19.8 Å². The van der Waals surface area contributed by atoms with Crippen LogP contribution >= 0.6 is 0 Å². The molecule has 0 spiro atoms. The van der Waals surface area contributed by atoms with Gasteiger partial charge >= 0.3 is 0 Å². The zero-order valence-electron chi connectivity index (χ0n) is 17.6. The Morgan fingerprint density at radius 1 is 0.714 bits per heavy atom. The van der Waals surface area contributed by atoms with Crippen molar-refractivity contribution in [2.75, 3.05) is 12.5 Å². The van der Waals surface area contributed by atoms with Gasteiger partial charge in [-0.05, 0) is 0 Å². The number of hydrogen-bond donors (Lipinski definition) is 0. The molecule has 0 radical (unpaired) electrons. The molecule has 0 bridgehead atoms. The van der Waals surface area contributed by atoms with Crippen molar-refractivity contribution < 1.29 is 0 Å². The molecule has 0 atom stereocenters. The van der Waals surface area contributed by atoms with Gasteiger partial charge in [-0.15, -0.1) is 0 Å². The predicted octanol–water partition coefficient (Wildman–Crippen LogP) is 4.96. The highest BCUT2D eigenvalue weighted by atomic mass is 32.2. The third-order valence-electron chi connectivity index (χ3n) is 5.43. The van der Waals surface area contributed by atoms with Crippen LogP contribution in [0.2, 0.25) is 6.32 Å². The molecule has 0 nitrogen and oxygen atoms in total. The van der Waals surface area contributed by atoms with Crippen LogP contribution < -0.4 is 16.4 Å². The number of benzene rings is 3. The van der Waals surface area contributed by atoms with E-state index in [4.69, 9.17) is 0 Å². The Labute approximate surface area is 175 Å². The second kappa shape index (κ2) is 11.6. The molecule has 0 N–H and O–H groups in total. The first-order valence-corrected chi connectivity index (χ1v) is 12.3. The molecule has 28 heavy (non-hydrogen) atoms. The lowest BCUT2D eigenvalue weighted by Gasteiger charge is -2.43. The van der Waals surface area contributed by atoms with Crippen LogP contribution in [0.15, 0.2) is 103 Å². The largest absolute Gasteiger partial charge is 0.200 e. The van der Waals surface area contributed by atoms with Crippen LogP contribution in [0.25, 0.3) is 0 Å². The van der Waals surface area contributed by atoms with Crippen LogP contribution in [0.5, 0.6) is 0 Å². The maximum Gasteiger partial charge on any atom is 0.111 e. The molecule has 0 fully saturated rings. The molecule has 0 aliphatic rings. The lowest BCUT2D eigenvalue weighted by molar-refractivity contribution is 0.874.